The second kappa shape index (κ2) is 4.64. The van der Waals surface area contributed by atoms with Crippen molar-refractivity contribution < 1.29 is 0 Å². The molecule has 132 valence electrons. The van der Waals surface area contributed by atoms with Gasteiger partial charge in [0.25, 0.3) is 6.71 Å². The molecule has 0 aliphatic carbocycles. The minimum Gasteiger partial charge on any atom is -0.319 e. The van der Waals surface area contributed by atoms with Crippen LogP contribution in [0.5, 0.6) is 0 Å². The summed E-state index contributed by atoms with van der Waals surface area (Å²) in [6, 6.07) is 33.5. The minimum absolute atomic E-state index is 0.307. The number of anilines is 2. The number of benzene rings is 4. The van der Waals surface area contributed by atoms with E-state index in [0.29, 0.717) is 6.71 Å². The topological polar surface area (TPSA) is 8.17 Å². The van der Waals surface area contributed by atoms with E-state index in [1.54, 1.807) is 0 Å². The molecule has 5 aromatic rings. The molecule has 0 atom stereocenters. The SMILES string of the molecule is c1ccc2c(c1)B1C3=C2n2c4ccccc4c4cccc(c42)N3c2ccccc21. The fourth-order valence-electron chi connectivity index (χ4n) is 5.91. The van der Waals surface area contributed by atoms with E-state index in [1.807, 2.05) is 0 Å². The first-order valence-corrected chi connectivity index (χ1v) is 10.2. The van der Waals surface area contributed by atoms with Crippen LogP contribution in [-0.2, 0) is 0 Å². The molecular formula is C26H15BN2. The van der Waals surface area contributed by atoms with Crippen LogP contribution in [-0.4, -0.2) is 11.3 Å². The van der Waals surface area contributed by atoms with Gasteiger partial charge in [0.1, 0.15) is 0 Å². The maximum absolute atomic E-state index is 2.52. The summed E-state index contributed by atoms with van der Waals surface area (Å²) >= 11 is 0. The molecule has 0 bridgehead atoms. The highest BCUT2D eigenvalue weighted by Crippen LogP contribution is 2.51. The van der Waals surface area contributed by atoms with E-state index in [9.17, 15) is 0 Å². The first kappa shape index (κ1) is 14.3. The Bertz CT molecular complexity index is 1570. The lowest BCUT2D eigenvalue weighted by Crippen LogP contribution is -2.39. The quantitative estimate of drug-likeness (QED) is 0.363. The largest absolute Gasteiger partial charge is 0.319 e. The molecule has 1 aromatic heterocycles. The molecule has 0 saturated heterocycles. The van der Waals surface area contributed by atoms with Crippen molar-refractivity contribution in [3.05, 3.63) is 102 Å². The van der Waals surface area contributed by atoms with Gasteiger partial charge in [0.2, 0.25) is 0 Å². The maximum Gasteiger partial charge on any atom is 0.268 e. The molecule has 8 rings (SSSR count). The predicted molar refractivity (Wildman–Crippen MR) is 122 cm³/mol. The van der Waals surface area contributed by atoms with E-state index in [2.05, 4.69) is 100 Å². The summed E-state index contributed by atoms with van der Waals surface area (Å²) in [5.41, 5.74) is 12.2. The summed E-state index contributed by atoms with van der Waals surface area (Å²) in [7, 11) is 0. The zero-order valence-electron chi connectivity index (χ0n) is 15.6. The van der Waals surface area contributed by atoms with Crippen LogP contribution < -0.4 is 15.8 Å². The second-order valence-electron chi connectivity index (χ2n) is 8.17. The van der Waals surface area contributed by atoms with Gasteiger partial charge < -0.3 is 9.47 Å². The number of rotatable bonds is 0. The third-order valence-corrected chi connectivity index (χ3v) is 6.91. The summed E-state index contributed by atoms with van der Waals surface area (Å²) in [4.78, 5) is 2.52. The van der Waals surface area contributed by atoms with Gasteiger partial charge in [-0.1, -0.05) is 78.3 Å². The zero-order valence-corrected chi connectivity index (χ0v) is 15.6. The lowest BCUT2D eigenvalue weighted by molar-refractivity contribution is 1.14. The average Bonchev–Trinajstić information content (AvgIpc) is 3.41. The zero-order chi connectivity index (χ0) is 18.7. The van der Waals surface area contributed by atoms with Crippen molar-refractivity contribution in [1.29, 1.82) is 0 Å². The molecule has 3 aliphatic rings. The lowest BCUT2D eigenvalue weighted by Gasteiger charge is -2.30. The highest BCUT2D eigenvalue weighted by atomic mass is 15.2. The molecule has 4 aromatic carbocycles. The van der Waals surface area contributed by atoms with E-state index >= 15 is 0 Å². The Labute approximate surface area is 168 Å². The second-order valence-corrected chi connectivity index (χ2v) is 8.17. The first-order chi connectivity index (χ1) is 14.4. The van der Waals surface area contributed by atoms with Crippen molar-refractivity contribution in [2.75, 3.05) is 4.90 Å². The fourth-order valence-corrected chi connectivity index (χ4v) is 5.91. The van der Waals surface area contributed by atoms with Crippen LogP contribution in [0, 0.1) is 0 Å². The van der Waals surface area contributed by atoms with Crippen LogP contribution in [0.25, 0.3) is 27.5 Å². The third-order valence-electron chi connectivity index (χ3n) is 6.91. The molecule has 0 amide bonds. The van der Waals surface area contributed by atoms with Crippen LogP contribution in [0.3, 0.4) is 0 Å². The van der Waals surface area contributed by atoms with E-state index in [4.69, 9.17) is 0 Å². The van der Waals surface area contributed by atoms with Gasteiger partial charge in [0.05, 0.1) is 22.4 Å². The molecule has 29 heavy (non-hydrogen) atoms. The van der Waals surface area contributed by atoms with Crippen molar-refractivity contribution in [2.24, 2.45) is 0 Å². The predicted octanol–water partition coefficient (Wildman–Crippen LogP) is 4.64. The van der Waals surface area contributed by atoms with Crippen molar-refractivity contribution in [3.63, 3.8) is 0 Å². The maximum atomic E-state index is 2.52. The van der Waals surface area contributed by atoms with E-state index < -0.39 is 0 Å². The molecule has 3 heteroatoms. The monoisotopic (exact) mass is 366 g/mol. The van der Waals surface area contributed by atoms with E-state index in [1.165, 1.54) is 61.0 Å². The Balaban J connectivity index is 1.66. The number of para-hydroxylation sites is 3. The Morgan fingerprint density at radius 1 is 0.586 bits per heavy atom. The fraction of sp³-hybridized carbons (Fsp3) is 0. The van der Waals surface area contributed by atoms with Gasteiger partial charge >= 0.3 is 0 Å². The van der Waals surface area contributed by atoms with Gasteiger partial charge in [-0.05, 0) is 29.2 Å². The molecule has 0 fully saturated rings. The highest BCUT2D eigenvalue weighted by Gasteiger charge is 2.49. The molecule has 4 heterocycles. The van der Waals surface area contributed by atoms with Crippen molar-refractivity contribution in [1.82, 2.24) is 4.57 Å². The summed E-state index contributed by atoms with van der Waals surface area (Å²) in [5, 5.41) is 2.66. The Morgan fingerprint density at radius 3 is 2.28 bits per heavy atom. The van der Waals surface area contributed by atoms with Gasteiger partial charge in [0.15, 0.2) is 0 Å². The van der Waals surface area contributed by atoms with Crippen molar-refractivity contribution in [3.8, 4) is 0 Å². The molecular weight excluding hydrogens is 351 g/mol. The van der Waals surface area contributed by atoms with Crippen LogP contribution in [0.2, 0.25) is 0 Å². The Morgan fingerprint density at radius 2 is 1.31 bits per heavy atom. The molecule has 2 nitrogen and oxygen atoms in total. The van der Waals surface area contributed by atoms with Crippen molar-refractivity contribution >= 4 is 56.5 Å². The van der Waals surface area contributed by atoms with Gasteiger partial charge in [-0.25, -0.2) is 0 Å². The Kier molecular flexibility index (Phi) is 2.29. The number of fused-ring (bicyclic) bond motifs is 11. The number of hydrogen-bond donors (Lipinski definition) is 0. The number of nitrogens with zero attached hydrogens (tertiary/aromatic N) is 2. The van der Waals surface area contributed by atoms with Crippen LogP contribution >= 0.6 is 0 Å². The minimum atomic E-state index is 0.307. The molecule has 0 N–H and O–H groups in total. The van der Waals surface area contributed by atoms with Gasteiger partial charge in [-0.15, -0.1) is 0 Å². The standard InChI is InChI=1S/C26H15BN2/c1-3-11-19-18(9-1)25-26-27(19)20-12-4-6-14-22(20)28(26)23-15-7-10-17-16-8-2-5-13-21(16)29(25)24(17)23/h1-15H. The smallest absolute Gasteiger partial charge is 0.268 e. The van der Waals surface area contributed by atoms with Gasteiger partial charge in [-0.2, -0.15) is 0 Å². The molecule has 0 radical (unpaired) electrons. The number of aromatic nitrogens is 1. The van der Waals surface area contributed by atoms with Gasteiger partial charge in [0, 0.05) is 22.1 Å². The van der Waals surface area contributed by atoms with Gasteiger partial charge in [-0.3, -0.25) is 0 Å². The van der Waals surface area contributed by atoms with Crippen LogP contribution in [0.1, 0.15) is 5.56 Å². The van der Waals surface area contributed by atoms with E-state index in [-0.39, 0.29) is 0 Å². The van der Waals surface area contributed by atoms with Crippen LogP contribution in [0.4, 0.5) is 11.4 Å². The lowest BCUT2D eigenvalue weighted by atomic mass is 9.41. The highest BCUT2D eigenvalue weighted by molar-refractivity contribution is 6.97. The summed E-state index contributed by atoms with van der Waals surface area (Å²) in [6.45, 7) is 0.307. The molecule has 0 unspecified atom stereocenters. The summed E-state index contributed by atoms with van der Waals surface area (Å²) < 4.78 is 2.52. The summed E-state index contributed by atoms with van der Waals surface area (Å²) in [5.74, 6) is 0. The molecule has 0 saturated carbocycles. The third kappa shape index (κ3) is 1.45. The first-order valence-electron chi connectivity index (χ1n) is 10.2. The molecule has 3 aliphatic heterocycles. The van der Waals surface area contributed by atoms with E-state index in [0.717, 1.165) is 0 Å². The number of hydrogen-bond acceptors (Lipinski definition) is 1. The summed E-state index contributed by atoms with van der Waals surface area (Å²) in [6.07, 6.45) is 0. The normalized spacial score (nSPS) is 15.3. The Hall–Kier alpha value is -3.72. The molecule has 0 spiro atoms. The van der Waals surface area contributed by atoms with Crippen molar-refractivity contribution in [2.45, 2.75) is 0 Å². The average molecular weight is 366 g/mol. The van der Waals surface area contributed by atoms with Crippen LogP contribution in [0.15, 0.2) is 96.6 Å².